The molecule has 0 rings (SSSR count). The molecule has 0 saturated heterocycles. The maximum atomic E-state index is 13.5. The highest BCUT2D eigenvalue weighted by molar-refractivity contribution is 5.98. The summed E-state index contributed by atoms with van der Waals surface area (Å²) < 4.78 is 0. The summed E-state index contributed by atoms with van der Waals surface area (Å²) in [6, 6.07) is -8.58. The molecule has 21 nitrogen and oxygen atoms in total. The summed E-state index contributed by atoms with van der Waals surface area (Å²) in [6.45, 7) is 17.6. The summed E-state index contributed by atoms with van der Waals surface area (Å²) in [7, 11) is 0. The first kappa shape index (κ1) is 54.7. The van der Waals surface area contributed by atoms with E-state index in [9.17, 15) is 53.1 Å². The molecule has 0 radical (unpaired) electrons. The zero-order valence-electron chi connectivity index (χ0n) is 36.9. The smallest absolute Gasteiger partial charge is 0.326 e. The highest BCUT2D eigenvalue weighted by Gasteiger charge is 2.35. The molecule has 0 aromatic rings. The van der Waals surface area contributed by atoms with Crippen LogP contribution in [-0.2, 0) is 47.9 Å². The molecule has 13 N–H and O–H groups in total. The number of hydrogen-bond donors (Lipinski definition) is 11. The summed E-state index contributed by atoms with van der Waals surface area (Å²) in [6.07, 6.45) is -0.0191. The summed E-state index contributed by atoms with van der Waals surface area (Å²) in [5, 5.41) is 29.5. The summed E-state index contributed by atoms with van der Waals surface area (Å²) in [5.74, 6) is -9.79. The number of primary amides is 1. The summed E-state index contributed by atoms with van der Waals surface area (Å²) in [5.41, 5.74) is 10.8. The van der Waals surface area contributed by atoms with Gasteiger partial charge in [0.1, 0.15) is 42.3 Å². The Bertz CT molecular complexity index is 1520. The lowest BCUT2D eigenvalue weighted by atomic mass is 9.96. The van der Waals surface area contributed by atoms with Crippen LogP contribution in [0.25, 0.3) is 0 Å². The van der Waals surface area contributed by atoms with Crippen molar-refractivity contribution in [2.24, 2.45) is 41.1 Å². The van der Waals surface area contributed by atoms with E-state index in [1.807, 2.05) is 0 Å². The third kappa shape index (κ3) is 20.1. The van der Waals surface area contributed by atoms with Crippen molar-refractivity contribution in [3.05, 3.63) is 0 Å². The van der Waals surface area contributed by atoms with E-state index < -0.39 is 120 Å². The van der Waals surface area contributed by atoms with Gasteiger partial charge in [0, 0.05) is 0 Å². The lowest BCUT2D eigenvalue weighted by molar-refractivity contribution is -0.143. The Balaban J connectivity index is 5.82. The lowest BCUT2D eigenvalue weighted by Crippen LogP contribution is -2.60. The molecule has 21 heteroatoms. The molecule has 0 aromatic heterocycles. The molecule has 0 aliphatic heterocycles. The third-order valence-corrected chi connectivity index (χ3v) is 9.39. The number of rotatable bonds is 27. The van der Waals surface area contributed by atoms with Gasteiger partial charge < -0.3 is 59.1 Å². The Morgan fingerprint density at radius 1 is 0.517 bits per heavy atom. The van der Waals surface area contributed by atoms with Gasteiger partial charge in [-0.15, -0.1) is 0 Å². The van der Waals surface area contributed by atoms with Gasteiger partial charge in [0.05, 0.1) is 19.5 Å². The second-order valence-corrected chi connectivity index (χ2v) is 16.6. The van der Waals surface area contributed by atoms with Crippen molar-refractivity contribution in [1.82, 2.24) is 42.5 Å². The molecule has 0 aliphatic rings. The molecule has 342 valence electrons. The van der Waals surface area contributed by atoms with E-state index in [1.54, 1.807) is 69.2 Å². The molecule has 9 amide bonds. The van der Waals surface area contributed by atoms with E-state index in [-0.39, 0.29) is 43.1 Å². The fourth-order valence-electron chi connectivity index (χ4n) is 5.78. The number of hydrogen-bond acceptors (Lipinski definition) is 11. The lowest BCUT2D eigenvalue weighted by Gasteiger charge is -2.28. The molecule has 0 saturated carbocycles. The van der Waals surface area contributed by atoms with Gasteiger partial charge in [-0.05, 0) is 49.4 Å². The molecule has 0 unspecified atom stereocenters. The van der Waals surface area contributed by atoms with Crippen LogP contribution in [0, 0.1) is 29.6 Å². The normalized spacial score (nSPS) is 15.3. The van der Waals surface area contributed by atoms with Crippen molar-refractivity contribution in [2.75, 3.05) is 13.1 Å². The van der Waals surface area contributed by atoms with Gasteiger partial charge in [-0.1, -0.05) is 75.7 Å². The second kappa shape index (κ2) is 26.7. The number of amides is 9. The van der Waals surface area contributed by atoms with Gasteiger partial charge in [0.15, 0.2) is 0 Å². The van der Waals surface area contributed by atoms with Crippen LogP contribution in [0.3, 0.4) is 0 Å². The van der Waals surface area contributed by atoms with Gasteiger partial charge in [-0.3, -0.25) is 43.2 Å². The number of carboxylic acid groups (broad SMARTS) is 1. The molecule has 60 heavy (non-hydrogen) atoms. The summed E-state index contributed by atoms with van der Waals surface area (Å²) >= 11 is 0. The zero-order valence-corrected chi connectivity index (χ0v) is 36.9. The Labute approximate surface area is 352 Å². The monoisotopic (exact) mass is 855 g/mol. The maximum Gasteiger partial charge on any atom is 0.326 e. The topological polar surface area (TPSA) is 339 Å². The van der Waals surface area contributed by atoms with E-state index in [2.05, 4.69) is 42.5 Å². The first-order chi connectivity index (χ1) is 27.7. The fourth-order valence-corrected chi connectivity index (χ4v) is 5.78. The van der Waals surface area contributed by atoms with Crippen LogP contribution >= 0.6 is 0 Å². The first-order valence-electron chi connectivity index (χ1n) is 20.3. The van der Waals surface area contributed by atoms with E-state index >= 15 is 0 Å². The predicted octanol–water partition coefficient (Wildman–Crippen LogP) is -2.11. The Hall–Kier alpha value is -5.34. The van der Waals surface area contributed by atoms with Crippen molar-refractivity contribution < 1.29 is 53.1 Å². The Kier molecular flexibility index (Phi) is 24.3. The van der Waals surface area contributed by atoms with E-state index in [0.717, 1.165) is 0 Å². The molecule has 0 aromatic carbocycles. The highest BCUT2D eigenvalue weighted by atomic mass is 16.4. The minimum Gasteiger partial charge on any atom is -0.480 e. The summed E-state index contributed by atoms with van der Waals surface area (Å²) in [4.78, 5) is 128. The number of aliphatic carboxylic acids is 1. The Morgan fingerprint density at radius 3 is 1.43 bits per heavy atom. The SMILES string of the molecule is CC[C@H](C)[C@H](NC(=O)[C@@H](NC(=O)CN)C(C)C)C(=O)N[C@@H](C)C(=O)NCC(=O)N[C@@H](CC(C)C)C(=O)N[C@@H](CC(N)=O)C(=O)N[C@H](C(=O)N[C@@H](CC(C)C)C(=O)O)C(C)C. The van der Waals surface area contributed by atoms with Crippen LogP contribution in [0.15, 0.2) is 0 Å². The average Bonchev–Trinajstić information content (AvgIpc) is 3.14. The number of nitrogens with two attached hydrogens (primary N) is 2. The number of nitrogens with one attached hydrogen (secondary N) is 8. The standard InChI is InChI=1S/C39H70N10O11/c1-12-22(10)32(49-37(57)30(20(6)7)47-28(51)16-40)38(58)43-23(11)33(53)42-17-29(52)44-24(13-18(2)3)34(54)45-25(15-27(41)50)35(55)48-31(21(8)9)36(56)46-26(39(59)60)14-19(4)5/h18-26,30-32H,12-17,40H2,1-11H3,(H2,41,50)(H,42,53)(H,43,58)(H,44,52)(H,45,54)(H,46,56)(H,47,51)(H,48,55)(H,49,57)(H,59,60)/t22-,23-,24-,25-,26-,30-,31-,32-/m0/s1. The third-order valence-electron chi connectivity index (χ3n) is 9.39. The van der Waals surface area contributed by atoms with Gasteiger partial charge in [0.2, 0.25) is 53.2 Å². The van der Waals surface area contributed by atoms with E-state index in [0.29, 0.717) is 6.42 Å². The second-order valence-electron chi connectivity index (χ2n) is 16.6. The largest absolute Gasteiger partial charge is 0.480 e. The van der Waals surface area contributed by atoms with E-state index in [1.165, 1.54) is 6.92 Å². The van der Waals surface area contributed by atoms with Crippen LogP contribution in [0.5, 0.6) is 0 Å². The van der Waals surface area contributed by atoms with Crippen molar-refractivity contribution in [3.63, 3.8) is 0 Å². The van der Waals surface area contributed by atoms with Crippen molar-refractivity contribution in [3.8, 4) is 0 Å². The number of carbonyl (C=O) groups excluding carboxylic acids is 9. The van der Waals surface area contributed by atoms with E-state index in [4.69, 9.17) is 11.5 Å². The molecule has 8 atom stereocenters. The highest BCUT2D eigenvalue weighted by Crippen LogP contribution is 2.12. The van der Waals surface area contributed by atoms with Crippen LogP contribution < -0.4 is 54.0 Å². The quantitative estimate of drug-likeness (QED) is 0.0423. The zero-order chi connectivity index (χ0) is 46.6. The molecular formula is C39H70N10O11. The number of carboxylic acids is 1. The van der Waals surface area contributed by atoms with Crippen LogP contribution in [0.4, 0.5) is 0 Å². The predicted molar refractivity (Wildman–Crippen MR) is 221 cm³/mol. The van der Waals surface area contributed by atoms with Crippen molar-refractivity contribution in [1.29, 1.82) is 0 Å². The van der Waals surface area contributed by atoms with Crippen LogP contribution in [-0.4, -0.2) is 120 Å². The average molecular weight is 855 g/mol. The van der Waals surface area contributed by atoms with Gasteiger partial charge in [-0.25, -0.2) is 4.79 Å². The van der Waals surface area contributed by atoms with Gasteiger partial charge in [-0.2, -0.15) is 0 Å². The molecule has 0 aliphatic carbocycles. The molecule has 0 heterocycles. The molecular weight excluding hydrogens is 784 g/mol. The van der Waals surface area contributed by atoms with Crippen LogP contribution in [0.1, 0.15) is 102 Å². The minimum atomic E-state index is -1.59. The number of carbonyl (C=O) groups is 10. The molecule has 0 fully saturated rings. The van der Waals surface area contributed by atoms with Gasteiger partial charge >= 0.3 is 5.97 Å². The van der Waals surface area contributed by atoms with Gasteiger partial charge in [0.25, 0.3) is 0 Å². The minimum absolute atomic E-state index is 0.0582. The molecule has 0 spiro atoms. The first-order valence-corrected chi connectivity index (χ1v) is 20.3. The Morgan fingerprint density at radius 2 is 0.967 bits per heavy atom. The van der Waals surface area contributed by atoms with Crippen molar-refractivity contribution >= 4 is 59.1 Å². The fraction of sp³-hybridized carbons (Fsp3) is 0.744. The van der Waals surface area contributed by atoms with Crippen molar-refractivity contribution in [2.45, 2.75) is 144 Å². The maximum absolute atomic E-state index is 13.5. The molecule has 0 bridgehead atoms. The van der Waals surface area contributed by atoms with Crippen LogP contribution in [0.2, 0.25) is 0 Å².